The first-order valence-corrected chi connectivity index (χ1v) is 9.37. The average Bonchev–Trinajstić information content (AvgIpc) is 2.72. The number of hydrogen-bond donors (Lipinski definition) is 3. The Morgan fingerprint density at radius 2 is 1.58 bits per heavy atom. The van der Waals surface area contributed by atoms with Crippen molar-refractivity contribution in [1.82, 2.24) is 10.6 Å². The highest BCUT2D eigenvalue weighted by Crippen LogP contribution is 2.20. The van der Waals surface area contributed by atoms with Crippen molar-refractivity contribution in [2.45, 2.75) is 39.5 Å². The zero-order valence-electron chi connectivity index (χ0n) is 17.1. The molecular weight excluding hydrogens is 415 g/mol. The lowest BCUT2D eigenvalue weighted by atomic mass is 10.1. The lowest BCUT2D eigenvalue weighted by Crippen LogP contribution is -2.39. The molecule has 31 heavy (non-hydrogen) atoms. The summed E-state index contributed by atoms with van der Waals surface area (Å²) in [5.74, 6) is -6.41. The minimum absolute atomic E-state index is 0.00471. The highest BCUT2D eigenvalue weighted by atomic mass is 19.2. The second-order valence-electron chi connectivity index (χ2n) is 6.94. The van der Waals surface area contributed by atoms with E-state index >= 15 is 0 Å². The number of urea groups is 1. The van der Waals surface area contributed by atoms with Gasteiger partial charge in [0.2, 0.25) is 0 Å². The molecule has 0 bridgehead atoms. The van der Waals surface area contributed by atoms with Crippen LogP contribution < -0.4 is 16.0 Å². The van der Waals surface area contributed by atoms with Crippen molar-refractivity contribution in [2.75, 3.05) is 5.32 Å². The van der Waals surface area contributed by atoms with Crippen LogP contribution >= 0.6 is 0 Å². The van der Waals surface area contributed by atoms with Crippen LogP contribution in [0.25, 0.3) is 0 Å². The molecule has 2 aromatic rings. The summed E-state index contributed by atoms with van der Waals surface area (Å²) in [6.45, 7) is 5.15. The van der Waals surface area contributed by atoms with Gasteiger partial charge in [0.15, 0.2) is 23.6 Å². The van der Waals surface area contributed by atoms with Crippen molar-refractivity contribution in [2.24, 2.45) is 0 Å². The highest BCUT2D eigenvalue weighted by molar-refractivity contribution is 5.97. The van der Waals surface area contributed by atoms with Gasteiger partial charge in [-0.2, -0.15) is 0 Å². The first kappa shape index (κ1) is 23.7. The third-order valence-electron chi connectivity index (χ3n) is 4.01. The number of rotatable bonds is 7. The molecule has 3 N–H and O–H groups in total. The quantitative estimate of drug-likeness (QED) is 0.456. The van der Waals surface area contributed by atoms with Gasteiger partial charge in [0.25, 0.3) is 5.91 Å². The van der Waals surface area contributed by atoms with Crippen molar-refractivity contribution in [3.05, 3.63) is 65.0 Å². The first-order valence-electron chi connectivity index (χ1n) is 9.37. The topological polar surface area (TPSA) is 96.5 Å². The lowest BCUT2D eigenvalue weighted by Gasteiger charge is -2.14. The van der Waals surface area contributed by atoms with Crippen LogP contribution in [0.2, 0.25) is 0 Å². The van der Waals surface area contributed by atoms with Crippen LogP contribution in [-0.4, -0.2) is 30.1 Å². The fourth-order valence-corrected chi connectivity index (χ4v) is 2.39. The molecule has 1 atom stereocenters. The van der Waals surface area contributed by atoms with E-state index in [4.69, 9.17) is 4.74 Å². The molecular formula is C21H22F3N3O4. The van der Waals surface area contributed by atoms with E-state index < -0.39 is 41.1 Å². The number of anilines is 1. The third kappa shape index (κ3) is 6.73. The smallest absolute Gasteiger partial charge is 0.338 e. The SMILES string of the molecule is CC(C)NC(=O)NCc1ccc(C(=O)O[C@H](C)C(=O)Nc2ccc(F)c(F)c2F)cc1. The molecule has 2 aromatic carbocycles. The van der Waals surface area contributed by atoms with Gasteiger partial charge in [0.05, 0.1) is 11.3 Å². The van der Waals surface area contributed by atoms with Crippen LogP contribution in [-0.2, 0) is 16.1 Å². The molecule has 3 amide bonds. The monoisotopic (exact) mass is 437 g/mol. The standard InChI is InChI=1S/C21H22F3N3O4/c1-11(2)26-21(30)25-10-13-4-6-14(7-5-13)20(29)31-12(3)19(28)27-16-9-8-15(22)17(23)18(16)24/h4-9,11-12H,10H2,1-3H3,(H,27,28)(H2,25,26,30)/t12-/m1/s1. The number of nitrogens with one attached hydrogen (secondary N) is 3. The number of carbonyl (C=O) groups excluding carboxylic acids is 3. The Bertz CT molecular complexity index is 965. The predicted octanol–water partition coefficient (Wildman–Crippen LogP) is 3.50. The molecule has 0 aliphatic rings. The Morgan fingerprint density at radius 1 is 0.935 bits per heavy atom. The van der Waals surface area contributed by atoms with Gasteiger partial charge in [0, 0.05) is 12.6 Å². The summed E-state index contributed by atoms with van der Waals surface area (Å²) < 4.78 is 44.9. The first-order chi connectivity index (χ1) is 14.6. The summed E-state index contributed by atoms with van der Waals surface area (Å²) >= 11 is 0. The number of benzene rings is 2. The zero-order valence-corrected chi connectivity index (χ0v) is 17.1. The second kappa shape index (κ2) is 10.5. The molecule has 0 spiro atoms. The van der Waals surface area contributed by atoms with Crippen molar-refractivity contribution in [3.63, 3.8) is 0 Å². The van der Waals surface area contributed by atoms with Crippen molar-refractivity contribution in [3.8, 4) is 0 Å². The van der Waals surface area contributed by atoms with Crippen LogP contribution in [0.3, 0.4) is 0 Å². The largest absolute Gasteiger partial charge is 0.449 e. The van der Waals surface area contributed by atoms with Crippen LogP contribution in [0.15, 0.2) is 36.4 Å². The lowest BCUT2D eigenvalue weighted by molar-refractivity contribution is -0.123. The van der Waals surface area contributed by atoms with E-state index in [1.165, 1.54) is 19.1 Å². The van der Waals surface area contributed by atoms with Crippen LogP contribution in [0.4, 0.5) is 23.7 Å². The fraction of sp³-hybridized carbons (Fsp3) is 0.286. The number of hydrogen-bond acceptors (Lipinski definition) is 4. The van der Waals surface area contributed by atoms with E-state index in [0.29, 0.717) is 6.07 Å². The van der Waals surface area contributed by atoms with Crippen LogP contribution in [0.5, 0.6) is 0 Å². The molecule has 0 aromatic heterocycles. The van der Waals surface area contributed by atoms with Crippen LogP contribution in [0.1, 0.15) is 36.7 Å². The van der Waals surface area contributed by atoms with Gasteiger partial charge >= 0.3 is 12.0 Å². The normalized spacial score (nSPS) is 11.6. The Balaban J connectivity index is 1.91. The van der Waals surface area contributed by atoms with Crippen molar-refractivity contribution >= 4 is 23.6 Å². The maximum atomic E-state index is 13.7. The van der Waals surface area contributed by atoms with Gasteiger partial charge < -0.3 is 20.7 Å². The molecule has 0 fully saturated rings. The molecule has 2 rings (SSSR count). The Labute approximate surface area is 177 Å². The second-order valence-corrected chi connectivity index (χ2v) is 6.94. The summed E-state index contributed by atoms with van der Waals surface area (Å²) in [7, 11) is 0. The molecule has 7 nitrogen and oxygen atoms in total. The Morgan fingerprint density at radius 3 is 2.19 bits per heavy atom. The minimum Gasteiger partial charge on any atom is -0.449 e. The number of carbonyl (C=O) groups is 3. The van der Waals surface area contributed by atoms with Gasteiger partial charge in [-0.1, -0.05) is 12.1 Å². The summed E-state index contributed by atoms with van der Waals surface area (Å²) in [4.78, 5) is 35.9. The molecule has 166 valence electrons. The van der Waals surface area contributed by atoms with Crippen molar-refractivity contribution in [1.29, 1.82) is 0 Å². The summed E-state index contributed by atoms with van der Waals surface area (Å²) in [5.41, 5.74) is 0.300. The van der Waals surface area contributed by atoms with E-state index in [1.807, 2.05) is 19.2 Å². The van der Waals surface area contributed by atoms with Gasteiger partial charge in [-0.05, 0) is 50.6 Å². The Kier molecular flexibility index (Phi) is 8.00. The molecule has 10 heteroatoms. The Hall–Kier alpha value is -3.56. The summed E-state index contributed by atoms with van der Waals surface area (Å²) in [5, 5.41) is 7.38. The van der Waals surface area contributed by atoms with Crippen molar-refractivity contribution < 1.29 is 32.3 Å². The number of halogens is 3. The maximum Gasteiger partial charge on any atom is 0.338 e. The summed E-state index contributed by atoms with van der Waals surface area (Å²) in [6.07, 6.45) is -1.33. The van der Waals surface area contributed by atoms with Gasteiger partial charge in [-0.15, -0.1) is 0 Å². The van der Waals surface area contributed by atoms with E-state index in [1.54, 1.807) is 12.1 Å². The number of ether oxygens (including phenoxy) is 1. The molecule has 0 saturated carbocycles. The molecule has 0 saturated heterocycles. The maximum absolute atomic E-state index is 13.7. The molecule has 0 aliphatic carbocycles. The van der Waals surface area contributed by atoms with E-state index in [0.717, 1.165) is 11.6 Å². The molecule has 0 aliphatic heterocycles. The van der Waals surface area contributed by atoms with E-state index in [2.05, 4.69) is 10.6 Å². The van der Waals surface area contributed by atoms with Gasteiger partial charge in [0.1, 0.15) is 0 Å². The van der Waals surface area contributed by atoms with Gasteiger partial charge in [-0.25, -0.2) is 22.8 Å². The van der Waals surface area contributed by atoms with Gasteiger partial charge in [-0.3, -0.25) is 4.79 Å². The molecule has 0 radical (unpaired) electrons. The predicted molar refractivity (Wildman–Crippen MR) is 107 cm³/mol. The molecule has 0 unspecified atom stereocenters. The van der Waals surface area contributed by atoms with E-state index in [9.17, 15) is 27.6 Å². The zero-order chi connectivity index (χ0) is 23.1. The van der Waals surface area contributed by atoms with E-state index in [-0.39, 0.29) is 24.2 Å². The highest BCUT2D eigenvalue weighted by Gasteiger charge is 2.22. The number of amides is 3. The third-order valence-corrected chi connectivity index (χ3v) is 4.01. The van der Waals surface area contributed by atoms with Crippen LogP contribution in [0, 0.1) is 17.5 Å². The average molecular weight is 437 g/mol. The molecule has 0 heterocycles. The minimum atomic E-state index is -1.72. The summed E-state index contributed by atoms with van der Waals surface area (Å²) in [6, 6.07) is 7.31. The number of esters is 1. The fourth-order valence-electron chi connectivity index (χ4n) is 2.39.